The first-order valence-electron chi connectivity index (χ1n) is 5.15. The van der Waals surface area contributed by atoms with Crippen LogP contribution in [0.1, 0.15) is 24.3 Å². The minimum atomic E-state index is -0.459. The van der Waals surface area contributed by atoms with Crippen LogP contribution in [-0.4, -0.2) is 10.1 Å². The van der Waals surface area contributed by atoms with Gasteiger partial charge in [-0.3, -0.25) is 0 Å². The summed E-state index contributed by atoms with van der Waals surface area (Å²) >= 11 is 1.58. The molecule has 0 spiro atoms. The van der Waals surface area contributed by atoms with E-state index in [1.54, 1.807) is 18.3 Å². The van der Waals surface area contributed by atoms with E-state index in [-0.39, 0.29) is 0 Å². The summed E-state index contributed by atoms with van der Waals surface area (Å²) in [5.74, 6) is 0. The van der Waals surface area contributed by atoms with Gasteiger partial charge in [-0.15, -0.1) is 11.3 Å². The molecule has 0 saturated heterocycles. The van der Waals surface area contributed by atoms with Crippen molar-refractivity contribution in [2.75, 3.05) is 5.32 Å². The van der Waals surface area contributed by atoms with Gasteiger partial charge in [-0.05, 0) is 13.0 Å². The fraction of sp³-hybridized carbons (Fsp3) is 0.250. The number of nitrogens with zero attached hydrogens (tertiary/aromatic N) is 1. The molecule has 3 nitrogen and oxygen atoms in total. The summed E-state index contributed by atoms with van der Waals surface area (Å²) in [7, 11) is 0. The van der Waals surface area contributed by atoms with Crippen LogP contribution in [0.4, 0.5) is 5.69 Å². The summed E-state index contributed by atoms with van der Waals surface area (Å²) in [6, 6.07) is 7.77. The Balaban J connectivity index is 2.09. The highest BCUT2D eigenvalue weighted by molar-refractivity contribution is 7.07. The minimum absolute atomic E-state index is 0.459. The zero-order valence-corrected chi connectivity index (χ0v) is 9.87. The van der Waals surface area contributed by atoms with E-state index in [0.717, 1.165) is 16.9 Å². The monoisotopic (exact) mass is 234 g/mol. The van der Waals surface area contributed by atoms with Gasteiger partial charge < -0.3 is 10.4 Å². The van der Waals surface area contributed by atoms with Crippen LogP contribution in [0.15, 0.2) is 35.2 Å². The van der Waals surface area contributed by atoms with Gasteiger partial charge in [0.15, 0.2) is 0 Å². The molecule has 1 aromatic carbocycles. The largest absolute Gasteiger partial charge is 0.389 e. The summed E-state index contributed by atoms with van der Waals surface area (Å²) < 4.78 is 0. The summed E-state index contributed by atoms with van der Waals surface area (Å²) in [4.78, 5) is 4.20. The number of para-hydroxylation sites is 1. The van der Waals surface area contributed by atoms with Gasteiger partial charge in [0.2, 0.25) is 0 Å². The van der Waals surface area contributed by atoms with E-state index < -0.39 is 6.10 Å². The van der Waals surface area contributed by atoms with E-state index >= 15 is 0 Å². The third kappa shape index (κ3) is 2.59. The van der Waals surface area contributed by atoms with E-state index in [9.17, 15) is 5.11 Å². The Morgan fingerprint density at radius 2 is 2.25 bits per heavy atom. The van der Waals surface area contributed by atoms with Crippen LogP contribution in [0, 0.1) is 0 Å². The standard InChI is InChI=1S/C12H14N2OS/c1-9(15)11-4-2-3-5-12(11)13-6-10-7-16-8-14-10/h2-5,7-9,13,15H,6H2,1H3. The highest BCUT2D eigenvalue weighted by atomic mass is 32.1. The number of rotatable bonds is 4. The van der Waals surface area contributed by atoms with Crippen molar-refractivity contribution in [3.05, 3.63) is 46.4 Å². The van der Waals surface area contributed by atoms with Gasteiger partial charge >= 0.3 is 0 Å². The predicted molar refractivity (Wildman–Crippen MR) is 66.5 cm³/mol. The summed E-state index contributed by atoms with van der Waals surface area (Å²) in [5, 5.41) is 14.9. The van der Waals surface area contributed by atoms with E-state index in [1.807, 2.05) is 35.2 Å². The Hall–Kier alpha value is -1.39. The van der Waals surface area contributed by atoms with Gasteiger partial charge in [-0.2, -0.15) is 0 Å². The molecule has 0 fully saturated rings. The maximum atomic E-state index is 9.61. The molecule has 0 bridgehead atoms. The second kappa shape index (κ2) is 5.09. The van der Waals surface area contributed by atoms with Crippen LogP contribution in [0.2, 0.25) is 0 Å². The number of thiazole rings is 1. The van der Waals surface area contributed by atoms with Crippen LogP contribution in [-0.2, 0) is 6.54 Å². The lowest BCUT2D eigenvalue weighted by Crippen LogP contribution is -2.04. The Morgan fingerprint density at radius 1 is 1.44 bits per heavy atom. The number of hydrogen-bond acceptors (Lipinski definition) is 4. The highest BCUT2D eigenvalue weighted by Gasteiger charge is 2.06. The first-order chi connectivity index (χ1) is 7.77. The molecular weight excluding hydrogens is 220 g/mol. The van der Waals surface area contributed by atoms with Gasteiger partial charge in [-0.25, -0.2) is 4.98 Å². The highest BCUT2D eigenvalue weighted by Crippen LogP contribution is 2.22. The number of aliphatic hydroxyl groups excluding tert-OH is 1. The first kappa shape index (κ1) is 11.1. The molecule has 0 aliphatic heterocycles. The molecular formula is C12H14N2OS. The molecule has 0 aliphatic carbocycles. The maximum Gasteiger partial charge on any atom is 0.0795 e. The van der Waals surface area contributed by atoms with Crippen LogP contribution in [0.25, 0.3) is 0 Å². The van der Waals surface area contributed by atoms with Crippen molar-refractivity contribution in [3.63, 3.8) is 0 Å². The van der Waals surface area contributed by atoms with Crippen LogP contribution in [0.5, 0.6) is 0 Å². The summed E-state index contributed by atoms with van der Waals surface area (Å²) in [6.07, 6.45) is -0.459. The van der Waals surface area contributed by atoms with Crippen molar-refractivity contribution >= 4 is 17.0 Å². The second-order valence-corrected chi connectivity index (χ2v) is 4.32. The molecule has 16 heavy (non-hydrogen) atoms. The molecule has 1 atom stereocenters. The lowest BCUT2D eigenvalue weighted by atomic mass is 10.1. The molecule has 2 aromatic rings. The zero-order valence-electron chi connectivity index (χ0n) is 9.05. The molecule has 2 rings (SSSR count). The summed E-state index contributed by atoms with van der Waals surface area (Å²) in [6.45, 7) is 2.45. The third-order valence-electron chi connectivity index (χ3n) is 2.35. The number of hydrogen-bond donors (Lipinski definition) is 2. The Bertz CT molecular complexity index is 440. The topological polar surface area (TPSA) is 45.1 Å². The number of aromatic nitrogens is 1. The van der Waals surface area contributed by atoms with E-state index in [2.05, 4.69) is 10.3 Å². The van der Waals surface area contributed by atoms with Crippen molar-refractivity contribution < 1.29 is 5.11 Å². The average Bonchev–Trinajstić information content (AvgIpc) is 2.79. The third-order valence-corrected chi connectivity index (χ3v) is 2.99. The fourth-order valence-corrected chi connectivity index (χ4v) is 2.09. The Labute approximate surface area is 98.8 Å². The van der Waals surface area contributed by atoms with Crippen molar-refractivity contribution in [1.29, 1.82) is 0 Å². The molecule has 1 unspecified atom stereocenters. The van der Waals surface area contributed by atoms with Crippen molar-refractivity contribution in [2.24, 2.45) is 0 Å². The van der Waals surface area contributed by atoms with Gasteiger partial charge in [-0.1, -0.05) is 18.2 Å². The van der Waals surface area contributed by atoms with Gasteiger partial charge in [0, 0.05) is 16.6 Å². The second-order valence-electron chi connectivity index (χ2n) is 3.60. The van der Waals surface area contributed by atoms with Crippen LogP contribution >= 0.6 is 11.3 Å². The lowest BCUT2D eigenvalue weighted by molar-refractivity contribution is 0.200. The number of nitrogens with one attached hydrogen (secondary N) is 1. The van der Waals surface area contributed by atoms with E-state index in [1.165, 1.54) is 0 Å². The quantitative estimate of drug-likeness (QED) is 0.855. The van der Waals surface area contributed by atoms with Gasteiger partial charge in [0.05, 0.1) is 23.9 Å². The van der Waals surface area contributed by atoms with Gasteiger partial charge in [0.1, 0.15) is 0 Å². The van der Waals surface area contributed by atoms with Crippen LogP contribution < -0.4 is 5.32 Å². The van der Waals surface area contributed by atoms with Crippen molar-refractivity contribution in [1.82, 2.24) is 4.98 Å². The van der Waals surface area contributed by atoms with Crippen molar-refractivity contribution in [2.45, 2.75) is 19.6 Å². The maximum absolute atomic E-state index is 9.61. The average molecular weight is 234 g/mol. The zero-order chi connectivity index (χ0) is 11.4. The minimum Gasteiger partial charge on any atom is -0.389 e. The Morgan fingerprint density at radius 3 is 2.94 bits per heavy atom. The molecule has 2 N–H and O–H groups in total. The van der Waals surface area contributed by atoms with Crippen molar-refractivity contribution in [3.8, 4) is 0 Å². The predicted octanol–water partition coefficient (Wildman–Crippen LogP) is 2.81. The molecule has 1 heterocycles. The molecule has 84 valence electrons. The lowest BCUT2D eigenvalue weighted by Gasteiger charge is -2.12. The van der Waals surface area contributed by atoms with Crippen LogP contribution in [0.3, 0.4) is 0 Å². The fourth-order valence-electron chi connectivity index (χ4n) is 1.53. The molecule has 4 heteroatoms. The molecule has 0 saturated carbocycles. The van der Waals surface area contributed by atoms with E-state index in [0.29, 0.717) is 6.54 Å². The normalized spacial score (nSPS) is 12.4. The molecule has 0 aliphatic rings. The smallest absolute Gasteiger partial charge is 0.0795 e. The molecule has 0 radical (unpaired) electrons. The summed E-state index contributed by atoms with van der Waals surface area (Å²) in [5.41, 5.74) is 4.71. The number of benzene rings is 1. The number of aliphatic hydroxyl groups is 1. The Kier molecular flexibility index (Phi) is 3.54. The SMILES string of the molecule is CC(O)c1ccccc1NCc1cscn1. The molecule has 1 aromatic heterocycles. The first-order valence-corrected chi connectivity index (χ1v) is 6.09. The number of anilines is 1. The van der Waals surface area contributed by atoms with Gasteiger partial charge in [0.25, 0.3) is 0 Å². The molecule has 0 amide bonds. The van der Waals surface area contributed by atoms with E-state index in [4.69, 9.17) is 0 Å².